The highest BCUT2D eigenvalue weighted by atomic mass is 32.2. The summed E-state index contributed by atoms with van der Waals surface area (Å²) < 4.78 is 11.6. The molecule has 1 N–H and O–H groups in total. The van der Waals surface area contributed by atoms with Crippen LogP contribution < -0.4 is 14.8 Å². The van der Waals surface area contributed by atoms with Gasteiger partial charge in [0.05, 0.1) is 25.0 Å². The lowest BCUT2D eigenvalue weighted by Gasteiger charge is -2.25. The summed E-state index contributed by atoms with van der Waals surface area (Å²) in [6, 6.07) is 13.7. The second-order valence-electron chi connectivity index (χ2n) is 7.50. The van der Waals surface area contributed by atoms with Gasteiger partial charge in [0.1, 0.15) is 0 Å². The first-order valence-corrected chi connectivity index (χ1v) is 11.3. The second-order valence-corrected chi connectivity index (χ2v) is 8.54. The molecular weight excluding hydrogens is 400 g/mol. The third kappa shape index (κ3) is 4.90. The number of hydrogen-bond donors (Lipinski definition) is 1. The molecule has 1 atom stereocenters. The summed E-state index contributed by atoms with van der Waals surface area (Å²) in [5.74, 6) is 1.99. The van der Waals surface area contributed by atoms with Crippen LogP contribution in [0.2, 0.25) is 0 Å². The second kappa shape index (κ2) is 9.43. The number of ether oxygens (including phenoxy) is 2. The summed E-state index contributed by atoms with van der Waals surface area (Å²) in [4.78, 5) is 27.1. The number of benzene rings is 2. The van der Waals surface area contributed by atoms with Gasteiger partial charge >= 0.3 is 0 Å². The van der Waals surface area contributed by atoms with Gasteiger partial charge in [-0.05, 0) is 54.8 Å². The van der Waals surface area contributed by atoms with E-state index in [2.05, 4.69) is 11.4 Å². The summed E-state index contributed by atoms with van der Waals surface area (Å²) in [5, 5.41) is 2.75. The summed E-state index contributed by atoms with van der Waals surface area (Å²) in [5.41, 5.74) is 1.86. The molecule has 4 rings (SSSR count). The summed E-state index contributed by atoms with van der Waals surface area (Å²) in [6.07, 6.45) is 2.84. The topological polar surface area (TPSA) is 67.9 Å². The van der Waals surface area contributed by atoms with Crippen LogP contribution in [0.4, 0.5) is 5.69 Å². The molecular formula is C23H26N2O4S. The van der Waals surface area contributed by atoms with Crippen LogP contribution >= 0.6 is 11.8 Å². The van der Waals surface area contributed by atoms with Gasteiger partial charge in [-0.25, -0.2) is 0 Å². The molecule has 1 unspecified atom stereocenters. The van der Waals surface area contributed by atoms with Crippen LogP contribution in [-0.4, -0.2) is 42.2 Å². The average Bonchev–Trinajstić information content (AvgIpc) is 3.11. The molecule has 2 aliphatic rings. The Hall–Kier alpha value is -2.67. The van der Waals surface area contributed by atoms with E-state index in [0.717, 1.165) is 53.5 Å². The van der Waals surface area contributed by atoms with E-state index in [4.69, 9.17) is 9.47 Å². The van der Waals surface area contributed by atoms with E-state index in [9.17, 15) is 9.59 Å². The quantitative estimate of drug-likeness (QED) is 0.724. The minimum absolute atomic E-state index is 0.0809. The lowest BCUT2D eigenvalue weighted by Crippen LogP contribution is -2.32. The maximum Gasteiger partial charge on any atom is 0.233 e. The first-order valence-electron chi connectivity index (χ1n) is 10.3. The molecule has 0 bridgehead atoms. The smallest absolute Gasteiger partial charge is 0.233 e. The van der Waals surface area contributed by atoms with Crippen molar-refractivity contribution in [1.82, 2.24) is 4.90 Å². The van der Waals surface area contributed by atoms with Crippen LogP contribution in [0.25, 0.3) is 0 Å². The van der Waals surface area contributed by atoms with E-state index in [0.29, 0.717) is 19.0 Å². The van der Waals surface area contributed by atoms with Gasteiger partial charge in [0.15, 0.2) is 11.5 Å². The lowest BCUT2D eigenvalue weighted by atomic mass is 10.0. The molecule has 158 valence electrons. The number of fused-ring (bicyclic) bond motifs is 1. The fourth-order valence-corrected chi connectivity index (χ4v) is 4.65. The number of nitrogens with zero attached hydrogens (tertiary/aromatic N) is 1. The van der Waals surface area contributed by atoms with Crippen LogP contribution in [0, 0.1) is 0 Å². The fourth-order valence-electron chi connectivity index (χ4n) is 3.86. The van der Waals surface area contributed by atoms with Gasteiger partial charge in [0.2, 0.25) is 11.8 Å². The molecule has 0 radical (unpaired) electrons. The van der Waals surface area contributed by atoms with E-state index < -0.39 is 0 Å². The van der Waals surface area contributed by atoms with Gasteiger partial charge < -0.3 is 19.7 Å². The van der Waals surface area contributed by atoms with E-state index in [1.54, 1.807) is 0 Å². The zero-order valence-corrected chi connectivity index (χ0v) is 17.9. The number of nitrogens with one attached hydrogen (secondary N) is 1. The van der Waals surface area contributed by atoms with Crippen molar-refractivity contribution in [3.05, 3.63) is 48.0 Å². The number of thioether (sulfide) groups is 1. The van der Waals surface area contributed by atoms with Gasteiger partial charge in [-0.1, -0.05) is 6.07 Å². The van der Waals surface area contributed by atoms with Crippen molar-refractivity contribution in [3.8, 4) is 11.5 Å². The molecule has 2 aromatic carbocycles. The van der Waals surface area contributed by atoms with Crippen molar-refractivity contribution in [2.24, 2.45) is 0 Å². The highest BCUT2D eigenvalue weighted by Crippen LogP contribution is 2.38. The van der Waals surface area contributed by atoms with Crippen molar-refractivity contribution in [2.45, 2.75) is 37.1 Å². The van der Waals surface area contributed by atoms with E-state index in [1.165, 1.54) is 18.7 Å². The number of carbonyl (C=O) groups excluding carboxylic acids is 2. The molecule has 0 aliphatic carbocycles. The Bertz CT molecular complexity index is 916. The Kier molecular flexibility index (Phi) is 6.47. The minimum Gasteiger partial charge on any atom is -0.490 e. The highest BCUT2D eigenvalue weighted by molar-refractivity contribution is 8.00. The maximum absolute atomic E-state index is 13.0. The third-order valence-electron chi connectivity index (χ3n) is 5.27. The van der Waals surface area contributed by atoms with Crippen LogP contribution in [0.1, 0.15) is 37.8 Å². The molecule has 2 heterocycles. The Labute approximate surface area is 180 Å². The maximum atomic E-state index is 13.0. The number of hydrogen-bond acceptors (Lipinski definition) is 5. The SMILES string of the molecule is CC(=O)Nc1ccc(SCC(=O)N2CCCC2c2ccc3c(c2)OCCCO3)cc1. The predicted octanol–water partition coefficient (Wildman–Crippen LogP) is 4.26. The number of likely N-dealkylation sites (tertiary alicyclic amines) is 1. The lowest BCUT2D eigenvalue weighted by molar-refractivity contribution is -0.129. The van der Waals surface area contributed by atoms with E-state index in [1.807, 2.05) is 41.3 Å². The molecule has 1 saturated heterocycles. The minimum atomic E-state index is -0.0968. The zero-order chi connectivity index (χ0) is 20.9. The molecule has 2 aromatic rings. The average molecular weight is 427 g/mol. The van der Waals surface area contributed by atoms with E-state index >= 15 is 0 Å². The first-order chi connectivity index (χ1) is 14.6. The van der Waals surface area contributed by atoms with Gasteiger partial charge in [0.25, 0.3) is 0 Å². The molecule has 0 aromatic heterocycles. The molecule has 6 nitrogen and oxygen atoms in total. The summed E-state index contributed by atoms with van der Waals surface area (Å²) in [6.45, 7) is 3.58. The van der Waals surface area contributed by atoms with E-state index in [-0.39, 0.29) is 17.9 Å². The van der Waals surface area contributed by atoms with Crippen LogP contribution in [0.15, 0.2) is 47.4 Å². The molecule has 0 spiro atoms. The third-order valence-corrected chi connectivity index (χ3v) is 6.26. The molecule has 0 saturated carbocycles. The molecule has 2 aliphatic heterocycles. The Balaban J connectivity index is 1.39. The fraction of sp³-hybridized carbons (Fsp3) is 0.391. The van der Waals surface area contributed by atoms with Crippen LogP contribution in [0.5, 0.6) is 11.5 Å². The Morgan fingerprint density at radius 3 is 2.60 bits per heavy atom. The number of amides is 2. The van der Waals surface area contributed by atoms with Crippen molar-refractivity contribution in [1.29, 1.82) is 0 Å². The van der Waals surface area contributed by atoms with Crippen molar-refractivity contribution < 1.29 is 19.1 Å². The van der Waals surface area contributed by atoms with Gasteiger partial charge in [-0.3, -0.25) is 9.59 Å². The largest absolute Gasteiger partial charge is 0.490 e. The normalized spacial score (nSPS) is 18.0. The van der Waals surface area contributed by atoms with Crippen molar-refractivity contribution in [3.63, 3.8) is 0 Å². The zero-order valence-electron chi connectivity index (χ0n) is 17.1. The highest BCUT2D eigenvalue weighted by Gasteiger charge is 2.30. The first kappa shape index (κ1) is 20.6. The Morgan fingerprint density at radius 2 is 1.83 bits per heavy atom. The van der Waals surface area contributed by atoms with Crippen molar-refractivity contribution in [2.75, 3.05) is 30.8 Å². The van der Waals surface area contributed by atoms with Crippen LogP contribution in [-0.2, 0) is 9.59 Å². The number of rotatable bonds is 5. The molecule has 30 heavy (non-hydrogen) atoms. The Morgan fingerprint density at radius 1 is 1.07 bits per heavy atom. The van der Waals surface area contributed by atoms with Gasteiger partial charge in [0, 0.05) is 30.5 Å². The molecule has 1 fully saturated rings. The van der Waals surface area contributed by atoms with Gasteiger partial charge in [-0.15, -0.1) is 11.8 Å². The number of anilines is 1. The summed E-state index contributed by atoms with van der Waals surface area (Å²) >= 11 is 1.52. The molecule has 7 heteroatoms. The monoisotopic (exact) mass is 426 g/mol. The standard InChI is InChI=1S/C23H26N2O4S/c1-16(26)24-18-6-8-19(9-7-18)30-15-23(27)25-11-2-4-20(25)17-5-10-21-22(14-17)29-13-3-12-28-21/h5-10,14,20H,2-4,11-13,15H2,1H3,(H,24,26). The van der Waals surface area contributed by atoms with Gasteiger partial charge in [-0.2, -0.15) is 0 Å². The van der Waals surface area contributed by atoms with Crippen LogP contribution in [0.3, 0.4) is 0 Å². The molecule has 2 amide bonds. The van der Waals surface area contributed by atoms with Crippen molar-refractivity contribution >= 4 is 29.3 Å². The predicted molar refractivity (Wildman–Crippen MR) is 117 cm³/mol. The summed E-state index contributed by atoms with van der Waals surface area (Å²) in [7, 11) is 0. The number of carbonyl (C=O) groups is 2.